The molecule has 0 fully saturated rings. The van der Waals surface area contributed by atoms with Gasteiger partial charge in [0.15, 0.2) is 6.29 Å². The minimum absolute atomic E-state index is 0.117. The highest BCUT2D eigenvalue weighted by Crippen LogP contribution is 2.27. The van der Waals surface area contributed by atoms with Crippen molar-refractivity contribution in [2.45, 2.75) is 66.3 Å². The summed E-state index contributed by atoms with van der Waals surface area (Å²) in [6.45, 7) is 10.5. The maximum absolute atomic E-state index is 9.40. The molecule has 2 heteroatoms. The number of aliphatic hydroxyl groups is 1. The summed E-state index contributed by atoms with van der Waals surface area (Å²) in [5, 5.41) is 9.40. The van der Waals surface area contributed by atoms with E-state index < -0.39 is 6.29 Å². The Morgan fingerprint density at radius 2 is 1.77 bits per heavy atom. The van der Waals surface area contributed by atoms with Crippen LogP contribution in [-0.4, -0.2) is 17.5 Å². The van der Waals surface area contributed by atoms with E-state index in [0.717, 1.165) is 12.8 Å². The lowest BCUT2D eigenvalue weighted by Gasteiger charge is -2.32. The third kappa shape index (κ3) is 5.27. The molecule has 0 aromatic heterocycles. The first-order valence-electron chi connectivity index (χ1n) is 5.25. The third-order valence-corrected chi connectivity index (χ3v) is 2.19. The van der Waals surface area contributed by atoms with E-state index in [0.29, 0.717) is 6.42 Å². The molecular formula is C11H24O2. The van der Waals surface area contributed by atoms with Gasteiger partial charge in [0.1, 0.15) is 0 Å². The van der Waals surface area contributed by atoms with E-state index in [1.165, 1.54) is 0 Å². The molecule has 1 N–H and O–H groups in total. The fourth-order valence-electron chi connectivity index (χ4n) is 1.25. The summed E-state index contributed by atoms with van der Waals surface area (Å²) in [7, 11) is 0. The minimum Gasteiger partial charge on any atom is -0.368 e. The molecule has 2 unspecified atom stereocenters. The molecule has 0 saturated carbocycles. The zero-order valence-electron chi connectivity index (χ0n) is 9.63. The Morgan fingerprint density at radius 3 is 2.08 bits per heavy atom. The Balaban J connectivity index is 4.10. The smallest absolute Gasteiger partial charge is 0.154 e. The normalized spacial score (nSPS) is 17.1. The van der Waals surface area contributed by atoms with Crippen molar-refractivity contribution in [2.75, 3.05) is 0 Å². The van der Waals surface area contributed by atoms with Crippen LogP contribution in [0, 0.1) is 5.41 Å². The number of rotatable bonds is 5. The molecule has 0 aliphatic heterocycles. The summed E-state index contributed by atoms with van der Waals surface area (Å²) in [5.74, 6) is 0. The van der Waals surface area contributed by atoms with Crippen molar-refractivity contribution in [2.24, 2.45) is 5.41 Å². The van der Waals surface area contributed by atoms with Crippen LogP contribution in [0.4, 0.5) is 0 Å². The lowest BCUT2D eigenvalue weighted by molar-refractivity contribution is -0.166. The average Bonchev–Trinajstić information content (AvgIpc) is 2.01. The van der Waals surface area contributed by atoms with Gasteiger partial charge in [-0.25, -0.2) is 0 Å². The van der Waals surface area contributed by atoms with E-state index in [2.05, 4.69) is 27.7 Å². The van der Waals surface area contributed by atoms with Crippen LogP contribution in [-0.2, 0) is 4.74 Å². The van der Waals surface area contributed by atoms with Gasteiger partial charge in [-0.2, -0.15) is 0 Å². The van der Waals surface area contributed by atoms with E-state index in [-0.39, 0.29) is 11.5 Å². The van der Waals surface area contributed by atoms with Gasteiger partial charge in [0.05, 0.1) is 6.10 Å². The van der Waals surface area contributed by atoms with Crippen molar-refractivity contribution >= 4 is 0 Å². The first-order valence-corrected chi connectivity index (χ1v) is 5.25. The van der Waals surface area contributed by atoms with Crippen molar-refractivity contribution < 1.29 is 9.84 Å². The van der Waals surface area contributed by atoms with Crippen molar-refractivity contribution in [3.63, 3.8) is 0 Å². The molecular weight excluding hydrogens is 164 g/mol. The summed E-state index contributed by atoms with van der Waals surface area (Å²) in [6.07, 6.45) is 2.33. The molecule has 2 nitrogen and oxygen atoms in total. The van der Waals surface area contributed by atoms with Crippen LogP contribution in [0.3, 0.4) is 0 Å². The molecule has 0 radical (unpaired) electrons. The van der Waals surface area contributed by atoms with Gasteiger partial charge in [-0.15, -0.1) is 0 Å². The van der Waals surface area contributed by atoms with Crippen LogP contribution in [0.2, 0.25) is 0 Å². The maximum atomic E-state index is 9.40. The predicted octanol–water partition coefficient (Wildman–Crippen LogP) is 2.95. The van der Waals surface area contributed by atoms with Gasteiger partial charge in [-0.05, 0) is 18.3 Å². The molecule has 0 rings (SSSR count). The molecule has 0 heterocycles. The molecule has 2 atom stereocenters. The molecule has 0 saturated heterocycles. The average molecular weight is 188 g/mol. The largest absolute Gasteiger partial charge is 0.368 e. The molecule has 0 spiro atoms. The Bertz CT molecular complexity index is 127. The Kier molecular flexibility index (Phi) is 5.57. The molecule has 0 aliphatic carbocycles. The second-order valence-corrected chi connectivity index (χ2v) is 4.64. The fourth-order valence-corrected chi connectivity index (χ4v) is 1.25. The SMILES string of the molecule is CCCC(OC(O)CC)C(C)(C)C. The zero-order chi connectivity index (χ0) is 10.5. The Hall–Kier alpha value is -0.0800. The van der Waals surface area contributed by atoms with Crippen molar-refractivity contribution in [3.8, 4) is 0 Å². The van der Waals surface area contributed by atoms with Crippen LogP contribution >= 0.6 is 0 Å². The minimum atomic E-state index is -0.601. The van der Waals surface area contributed by atoms with Gasteiger partial charge in [-0.3, -0.25) is 0 Å². The van der Waals surface area contributed by atoms with Crippen LogP contribution in [0.25, 0.3) is 0 Å². The van der Waals surface area contributed by atoms with Crippen molar-refractivity contribution in [3.05, 3.63) is 0 Å². The highest BCUT2D eigenvalue weighted by atomic mass is 16.6. The van der Waals surface area contributed by atoms with Crippen molar-refractivity contribution in [1.82, 2.24) is 0 Å². The number of hydrogen-bond acceptors (Lipinski definition) is 2. The molecule has 0 bridgehead atoms. The second kappa shape index (κ2) is 5.61. The van der Waals surface area contributed by atoms with Crippen LogP contribution < -0.4 is 0 Å². The second-order valence-electron chi connectivity index (χ2n) is 4.64. The standard InChI is InChI=1S/C11H24O2/c1-6-8-9(11(3,4)5)13-10(12)7-2/h9-10,12H,6-8H2,1-5H3. The van der Waals surface area contributed by atoms with Gasteiger partial charge < -0.3 is 9.84 Å². The van der Waals surface area contributed by atoms with Gasteiger partial charge in [0.25, 0.3) is 0 Å². The monoisotopic (exact) mass is 188 g/mol. The van der Waals surface area contributed by atoms with Crippen LogP contribution in [0.5, 0.6) is 0 Å². The highest BCUT2D eigenvalue weighted by molar-refractivity contribution is 4.74. The van der Waals surface area contributed by atoms with Crippen molar-refractivity contribution in [1.29, 1.82) is 0 Å². The van der Waals surface area contributed by atoms with E-state index >= 15 is 0 Å². The molecule has 0 amide bonds. The highest BCUT2D eigenvalue weighted by Gasteiger charge is 2.26. The van der Waals surface area contributed by atoms with Gasteiger partial charge in [-0.1, -0.05) is 41.0 Å². The lowest BCUT2D eigenvalue weighted by atomic mass is 9.86. The molecule has 13 heavy (non-hydrogen) atoms. The van der Waals surface area contributed by atoms with E-state index in [1.807, 2.05) is 6.92 Å². The fraction of sp³-hybridized carbons (Fsp3) is 1.00. The van der Waals surface area contributed by atoms with Crippen LogP contribution in [0.1, 0.15) is 53.9 Å². The van der Waals surface area contributed by atoms with E-state index in [1.54, 1.807) is 0 Å². The van der Waals surface area contributed by atoms with E-state index in [9.17, 15) is 5.11 Å². The topological polar surface area (TPSA) is 29.5 Å². The third-order valence-electron chi connectivity index (χ3n) is 2.19. The van der Waals surface area contributed by atoms with Gasteiger partial charge in [0, 0.05) is 0 Å². The van der Waals surface area contributed by atoms with Crippen LogP contribution in [0.15, 0.2) is 0 Å². The maximum Gasteiger partial charge on any atom is 0.154 e. The first-order chi connectivity index (χ1) is 5.91. The quantitative estimate of drug-likeness (QED) is 0.672. The van der Waals surface area contributed by atoms with E-state index in [4.69, 9.17) is 4.74 Å². The Labute approximate surface area is 82.3 Å². The van der Waals surface area contributed by atoms with Gasteiger partial charge in [0.2, 0.25) is 0 Å². The summed E-state index contributed by atoms with van der Waals surface area (Å²) in [6, 6.07) is 0. The summed E-state index contributed by atoms with van der Waals surface area (Å²) >= 11 is 0. The molecule has 0 aromatic carbocycles. The Morgan fingerprint density at radius 1 is 1.23 bits per heavy atom. The predicted molar refractivity (Wildman–Crippen MR) is 55.5 cm³/mol. The van der Waals surface area contributed by atoms with Gasteiger partial charge >= 0.3 is 0 Å². The molecule has 0 aromatic rings. The molecule has 80 valence electrons. The lowest BCUT2D eigenvalue weighted by Crippen LogP contribution is -2.33. The molecule has 0 aliphatic rings. The summed E-state index contributed by atoms with van der Waals surface area (Å²) in [5.41, 5.74) is 0.117. The summed E-state index contributed by atoms with van der Waals surface area (Å²) in [4.78, 5) is 0. The number of aliphatic hydroxyl groups excluding tert-OH is 1. The zero-order valence-corrected chi connectivity index (χ0v) is 9.63. The number of hydrogen-bond donors (Lipinski definition) is 1. The number of ether oxygens (including phenoxy) is 1. The first kappa shape index (κ1) is 12.9. The summed E-state index contributed by atoms with van der Waals surface area (Å²) < 4.78 is 5.56.